The minimum Gasteiger partial charge on any atom is -0.491 e. The molecule has 0 spiro atoms. The summed E-state index contributed by atoms with van der Waals surface area (Å²) in [4.78, 5) is 29.1. The molecule has 2 aromatic heterocycles. The van der Waals surface area contributed by atoms with Crippen LogP contribution in [0.4, 0.5) is 0 Å². The quantitative estimate of drug-likeness (QED) is 0.613. The number of rotatable bonds is 4. The Morgan fingerprint density at radius 1 is 1.08 bits per heavy atom. The maximum atomic E-state index is 12.5. The van der Waals surface area contributed by atoms with Gasteiger partial charge in [-0.1, -0.05) is 36.4 Å². The largest absolute Gasteiger partial charge is 0.491 e. The van der Waals surface area contributed by atoms with Gasteiger partial charge in [-0.05, 0) is 24.4 Å². The zero-order chi connectivity index (χ0) is 17.4. The van der Waals surface area contributed by atoms with Gasteiger partial charge in [0.1, 0.15) is 17.2 Å². The molecule has 0 radical (unpaired) electrons. The second-order valence-corrected chi connectivity index (χ2v) is 7.07. The number of aromatic nitrogens is 2. The molecule has 6 heteroatoms. The molecule has 1 N–H and O–H groups in total. The lowest BCUT2D eigenvalue weighted by atomic mass is 10.1. The molecular weight excluding hydrogens is 336 g/mol. The van der Waals surface area contributed by atoms with Crippen LogP contribution >= 0.6 is 11.3 Å². The maximum absolute atomic E-state index is 12.5. The van der Waals surface area contributed by atoms with Gasteiger partial charge in [0.15, 0.2) is 0 Å². The number of nitrogens with zero attached hydrogens (tertiary/aromatic N) is 1. The van der Waals surface area contributed by atoms with Crippen LogP contribution in [0.15, 0.2) is 58.1 Å². The van der Waals surface area contributed by atoms with E-state index in [1.165, 1.54) is 15.9 Å². The first-order chi connectivity index (χ1) is 12.1. The number of ether oxygens (including phenoxy) is 1. The number of nitrogens with one attached hydrogen (secondary N) is 1. The molecule has 0 saturated heterocycles. The molecule has 0 fully saturated rings. The van der Waals surface area contributed by atoms with Crippen LogP contribution in [-0.2, 0) is 6.54 Å². The molecule has 0 aliphatic heterocycles. The fourth-order valence-electron chi connectivity index (χ4n) is 2.94. The molecule has 0 bridgehead atoms. The first-order valence-corrected chi connectivity index (χ1v) is 8.79. The van der Waals surface area contributed by atoms with Gasteiger partial charge in [0.2, 0.25) is 0 Å². The standard InChI is InChI=1S/C19H16N2O3S/c1-12-11-15-17(25-12)20-19(23)21(18(15)22)9-10-24-16-8-4-6-13-5-2-3-7-14(13)16/h2-8,11H,9-10H2,1H3,(H,20,23). The Hall–Kier alpha value is -2.86. The lowest BCUT2D eigenvalue weighted by Crippen LogP contribution is -2.36. The minimum absolute atomic E-state index is 0.197. The molecule has 126 valence electrons. The maximum Gasteiger partial charge on any atom is 0.329 e. The molecule has 0 atom stereocenters. The Bertz CT molecular complexity index is 1180. The summed E-state index contributed by atoms with van der Waals surface area (Å²) in [5.74, 6) is 0.745. The summed E-state index contributed by atoms with van der Waals surface area (Å²) in [6.45, 7) is 2.35. The van der Waals surface area contributed by atoms with Gasteiger partial charge in [0.05, 0.1) is 11.9 Å². The van der Waals surface area contributed by atoms with Crippen molar-refractivity contribution in [3.63, 3.8) is 0 Å². The molecular formula is C19H16N2O3S. The van der Waals surface area contributed by atoms with E-state index in [9.17, 15) is 9.59 Å². The van der Waals surface area contributed by atoms with Crippen LogP contribution in [0, 0.1) is 6.92 Å². The highest BCUT2D eigenvalue weighted by Gasteiger charge is 2.10. The van der Waals surface area contributed by atoms with Crippen LogP contribution in [-0.4, -0.2) is 16.2 Å². The van der Waals surface area contributed by atoms with Crippen molar-refractivity contribution in [2.75, 3.05) is 6.61 Å². The molecule has 2 aromatic carbocycles. The number of hydrogen-bond acceptors (Lipinski definition) is 4. The van der Waals surface area contributed by atoms with Crippen molar-refractivity contribution in [3.05, 3.63) is 74.2 Å². The first-order valence-electron chi connectivity index (χ1n) is 7.97. The van der Waals surface area contributed by atoms with E-state index < -0.39 is 5.69 Å². The Kier molecular flexibility index (Phi) is 3.89. The van der Waals surface area contributed by atoms with Gasteiger partial charge in [-0.2, -0.15) is 0 Å². The second kappa shape index (κ2) is 6.22. The third kappa shape index (κ3) is 2.85. The van der Waals surface area contributed by atoms with Crippen molar-refractivity contribution in [1.82, 2.24) is 9.55 Å². The summed E-state index contributed by atoms with van der Waals surface area (Å²) in [5, 5.41) is 2.65. The number of benzene rings is 2. The highest BCUT2D eigenvalue weighted by molar-refractivity contribution is 7.18. The smallest absolute Gasteiger partial charge is 0.329 e. The molecule has 0 amide bonds. The average molecular weight is 352 g/mol. The van der Waals surface area contributed by atoms with E-state index >= 15 is 0 Å². The van der Waals surface area contributed by atoms with E-state index in [1.54, 1.807) is 6.07 Å². The van der Waals surface area contributed by atoms with Crippen molar-refractivity contribution in [3.8, 4) is 5.75 Å². The number of hydrogen-bond donors (Lipinski definition) is 1. The molecule has 25 heavy (non-hydrogen) atoms. The third-order valence-electron chi connectivity index (χ3n) is 4.12. The molecule has 4 rings (SSSR count). The van der Waals surface area contributed by atoms with Gasteiger partial charge in [-0.15, -0.1) is 11.3 Å². The van der Waals surface area contributed by atoms with Crippen molar-refractivity contribution < 1.29 is 4.74 Å². The minimum atomic E-state index is -0.402. The van der Waals surface area contributed by atoms with Crippen molar-refractivity contribution in [1.29, 1.82) is 0 Å². The first kappa shape index (κ1) is 15.7. The number of H-pyrrole nitrogens is 1. The molecule has 0 aliphatic carbocycles. The summed E-state index contributed by atoms with van der Waals surface area (Å²) in [6.07, 6.45) is 0. The highest BCUT2D eigenvalue weighted by Crippen LogP contribution is 2.25. The third-order valence-corrected chi connectivity index (χ3v) is 5.08. The summed E-state index contributed by atoms with van der Waals surface area (Å²) < 4.78 is 7.03. The lowest BCUT2D eigenvalue weighted by Gasteiger charge is -2.10. The fraction of sp³-hybridized carbons (Fsp3) is 0.158. The summed E-state index contributed by atoms with van der Waals surface area (Å²) in [7, 11) is 0. The molecule has 0 aliphatic rings. The van der Waals surface area contributed by atoms with Crippen molar-refractivity contribution >= 4 is 32.3 Å². The normalized spacial score (nSPS) is 11.2. The molecule has 5 nitrogen and oxygen atoms in total. The second-order valence-electron chi connectivity index (χ2n) is 5.81. The van der Waals surface area contributed by atoms with E-state index in [2.05, 4.69) is 4.98 Å². The van der Waals surface area contributed by atoms with E-state index in [0.29, 0.717) is 10.2 Å². The molecule has 4 aromatic rings. The van der Waals surface area contributed by atoms with Crippen LogP contribution in [0.5, 0.6) is 5.75 Å². The van der Waals surface area contributed by atoms with Gasteiger partial charge in [0, 0.05) is 10.3 Å². The van der Waals surface area contributed by atoms with Gasteiger partial charge < -0.3 is 4.74 Å². The van der Waals surface area contributed by atoms with Crippen LogP contribution in [0.2, 0.25) is 0 Å². The van der Waals surface area contributed by atoms with E-state index in [1.807, 2.05) is 49.4 Å². The van der Waals surface area contributed by atoms with Crippen LogP contribution in [0.3, 0.4) is 0 Å². The van der Waals surface area contributed by atoms with E-state index in [0.717, 1.165) is 21.4 Å². The lowest BCUT2D eigenvalue weighted by molar-refractivity contribution is 0.297. The number of thiophene rings is 1. The van der Waals surface area contributed by atoms with Crippen LogP contribution < -0.4 is 16.0 Å². The monoisotopic (exact) mass is 352 g/mol. The summed E-state index contributed by atoms with van der Waals surface area (Å²) >= 11 is 1.41. The fourth-order valence-corrected chi connectivity index (χ4v) is 3.83. The molecule has 0 unspecified atom stereocenters. The predicted octanol–water partition coefficient (Wildman–Crippen LogP) is 3.29. The van der Waals surface area contributed by atoms with Gasteiger partial charge in [-0.3, -0.25) is 14.3 Å². The van der Waals surface area contributed by atoms with Gasteiger partial charge in [0.25, 0.3) is 5.56 Å². The Morgan fingerprint density at radius 2 is 1.88 bits per heavy atom. The van der Waals surface area contributed by atoms with Crippen LogP contribution in [0.1, 0.15) is 4.88 Å². The van der Waals surface area contributed by atoms with Gasteiger partial charge >= 0.3 is 5.69 Å². The molecule has 0 saturated carbocycles. The van der Waals surface area contributed by atoms with Crippen LogP contribution in [0.25, 0.3) is 21.0 Å². The van der Waals surface area contributed by atoms with Gasteiger partial charge in [-0.25, -0.2) is 4.79 Å². The number of aromatic amines is 1. The number of aryl methyl sites for hydroxylation is 1. The molecule has 2 heterocycles. The number of fused-ring (bicyclic) bond motifs is 2. The summed E-state index contributed by atoms with van der Waals surface area (Å²) in [5.41, 5.74) is -0.675. The average Bonchev–Trinajstić information content (AvgIpc) is 2.98. The topological polar surface area (TPSA) is 64.1 Å². The zero-order valence-corrected chi connectivity index (χ0v) is 14.4. The Morgan fingerprint density at radius 3 is 2.76 bits per heavy atom. The van der Waals surface area contributed by atoms with E-state index in [-0.39, 0.29) is 18.7 Å². The van der Waals surface area contributed by atoms with E-state index in [4.69, 9.17) is 4.74 Å². The Labute approximate surface area is 147 Å². The summed E-state index contributed by atoms with van der Waals surface area (Å²) in [6, 6.07) is 15.6. The SMILES string of the molecule is Cc1cc2c(=O)n(CCOc3cccc4ccccc34)c(=O)[nH]c2s1. The highest BCUT2D eigenvalue weighted by atomic mass is 32.1. The Balaban J connectivity index is 1.60. The predicted molar refractivity (Wildman–Crippen MR) is 101 cm³/mol. The van der Waals surface area contributed by atoms with Crippen molar-refractivity contribution in [2.24, 2.45) is 0 Å². The zero-order valence-electron chi connectivity index (χ0n) is 13.6. The van der Waals surface area contributed by atoms with Crippen molar-refractivity contribution in [2.45, 2.75) is 13.5 Å².